The van der Waals surface area contributed by atoms with Crippen molar-refractivity contribution in [2.45, 2.75) is 47.1 Å². The molecule has 2 rings (SSSR count). The molecule has 0 radical (unpaired) electrons. The molecule has 0 saturated carbocycles. The monoisotopic (exact) mass is 360 g/mol. The molecule has 0 bridgehead atoms. The van der Waals surface area contributed by atoms with Gasteiger partial charge in [-0.25, -0.2) is 4.79 Å². The van der Waals surface area contributed by atoms with Gasteiger partial charge in [-0.15, -0.1) is 0 Å². The van der Waals surface area contributed by atoms with Gasteiger partial charge in [0.15, 0.2) is 0 Å². The molecule has 0 saturated heterocycles. The number of carbonyl (C=O) groups excluding carboxylic acids is 4. The Labute approximate surface area is 152 Å². The number of nitrogens with zero attached hydrogens (tertiary/aromatic N) is 1. The quantitative estimate of drug-likeness (QED) is 0.814. The predicted molar refractivity (Wildman–Crippen MR) is 93.9 cm³/mol. The number of nitrogens with one attached hydrogen (secondary N) is 1. The first-order valence-electron chi connectivity index (χ1n) is 8.53. The molecule has 26 heavy (non-hydrogen) atoms. The Morgan fingerprint density at radius 3 is 2.00 bits per heavy atom. The van der Waals surface area contributed by atoms with Crippen molar-refractivity contribution >= 4 is 23.7 Å². The van der Waals surface area contributed by atoms with Gasteiger partial charge >= 0.3 is 5.97 Å². The lowest BCUT2D eigenvalue weighted by Crippen LogP contribution is -2.49. The number of fused-ring (bicyclic) bond motifs is 1. The normalized spacial score (nSPS) is 15.1. The molecule has 0 fully saturated rings. The number of hydrogen-bond donors (Lipinski definition) is 1. The zero-order chi connectivity index (χ0) is 19.6. The first-order chi connectivity index (χ1) is 12.0. The van der Waals surface area contributed by atoms with Crippen molar-refractivity contribution in [1.82, 2.24) is 10.4 Å². The van der Waals surface area contributed by atoms with E-state index >= 15 is 0 Å². The van der Waals surface area contributed by atoms with Gasteiger partial charge < -0.3 is 10.2 Å². The summed E-state index contributed by atoms with van der Waals surface area (Å²) in [5, 5.41) is 3.11. The van der Waals surface area contributed by atoms with Crippen LogP contribution in [-0.4, -0.2) is 34.8 Å². The fourth-order valence-corrected chi connectivity index (χ4v) is 2.46. The molecule has 3 amide bonds. The van der Waals surface area contributed by atoms with Gasteiger partial charge in [0.05, 0.1) is 11.1 Å². The Morgan fingerprint density at radius 1 is 1.08 bits per heavy atom. The summed E-state index contributed by atoms with van der Waals surface area (Å²) in [6, 6.07) is 5.29. The van der Waals surface area contributed by atoms with Crippen molar-refractivity contribution in [3.05, 3.63) is 35.4 Å². The van der Waals surface area contributed by atoms with Gasteiger partial charge in [0.2, 0.25) is 5.91 Å². The van der Waals surface area contributed by atoms with E-state index in [1.165, 1.54) is 12.1 Å². The summed E-state index contributed by atoms with van der Waals surface area (Å²) in [6.07, 6.45) is 0.323. The standard InChI is InChI=1S/C19H24N2O5/c1-11(2)10-14(20-18(25)19(3,4)5)17(24)26-21-15(22)12-8-6-7-9-13(12)16(21)23/h6-9,11,14H,10H2,1-5H3,(H,20,25)/t14-/m0/s1. The topological polar surface area (TPSA) is 92.8 Å². The highest BCUT2D eigenvalue weighted by molar-refractivity contribution is 6.20. The molecular weight excluding hydrogens is 336 g/mol. The lowest BCUT2D eigenvalue weighted by molar-refractivity contribution is -0.172. The number of amides is 3. The van der Waals surface area contributed by atoms with Crippen LogP contribution in [0.3, 0.4) is 0 Å². The number of benzene rings is 1. The second kappa shape index (κ2) is 7.27. The molecule has 0 aliphatic carbocycles. The van der Waals surface area contributed by atoms with Crippen molar-refractivity contribution < 1.29 is 24.0 Å². The van der Waals surface area contributed by atoms with Gasteiger partial charge in [-0.05, 0) is 24.5 Å². The Bertz CT molecular complexity index is 714. The summed E-state index contributed by atoms with van der Waals surface area (Å²) in [6.45, 7) is 8.97. The van der Waals surface area contributed by atoms with Crippen LogP contribution in [0.5, 0.6) is 0 Å². The van der Waals surface area contributed by atoms with Crippen LogP contribution >= 0.6 is 0 Å². The average Bonchev–Trinajstić information content (AvgIpc) is 2.78. The summed E-state index contributed by atoms with van der Waals surface area (Å²) in [5.41, 5.74) is -0.320. The van der Waals surface area contributed by atoms with Crippen LogP contribution in [0.15, 0.2) is 24.3 Å². The fraction of sp³-hybridized carbons (Fsp3) is 0.474. The molecule has 0 spiro atoms. The van der Waals surface area contributed by atoms with E-state index in [1.807, 2.05) is 13.8 Å². The van der Waals surface area contributed by atoms with E-state index < -0.39 is 29.2 Å². The zero-order valence-electron chi connectivity index (χ0n) is 15.7. The summed E-state index contributed by atoms with van der Waals surface area (Å²) in [4.78, 5) is 54.5. The number of rotatable bonds is 5. The summed E-state index contributed by atoms with van der Waals surface area (Å²) >= 11 is 0. The SMILES string of the molecule is CC(C)C[C@H](NC(=O)C(C)(C)C)C(=O)ON1C(=O)c2ccccc2C1=O. The van der Waals surface area contributed by atoms with E-state index in [0.29, 0.717) is 11.5 Å². The highest BCUT2D eigenvalue weighted by atomic mass is 16.7. The predicted octanol–water partition coefficient (Wildman–Crippen LogP) is 2.32. The minimum absolute atomic E-state index is 0.0926. The molecule has 1 aliphatic rings. The van der Waals surface area contributed by atoms with Crippen molar-refractivity contribution in [1.29, 1.82) is 0 Å². The van der Waals surface area contributed by atoms with E-state index in [9.17, 15) is 19.2 Å². The molecular formula is C19H24N2O5. The van der Waals surface area contributed by atoms with Crippen LogP contribution < -0.4 is 5.32 Å². The zero-order valence-corrected chi connectivity index (χ0v) is 15.7. The Hall–Kier alpha value is -2.70. The summed E-state index contributed by atoms with van der Waals surface area (Å²) < 4.78 is 0. The van der Waals surface area contributed by atoms with Crippen LogP contribution in [0.4, 0.5) is 0 Å². The first kappa shape index (κ1) is 19.6. The number of carbonyl (C=O) groups is 4. The van der Waals surface area contributed by atoms with E-state index in [2.05, 4.69) is 5.32 Å². The second-order valence-electron chi connectivity index (χ2n) is 7.77. The van der Waals surface area contributed by atoms with E-state index in [0.717, 1.165) is 0 Å². The molecule has 140 valence electrons. The minimum Gasteiger partial charge on any atom is -0.342 e. The van der Waals surface area contributed by atoms with Gasteiger partial charge in [-0.2, -0.15) is 0 Å². The van der Waals surface area contributed by atoms with Crippen LogP contribution in [0.25, 0.3) is 0 Å². The minimum atomic E-state index is -0.953. The molecule has 1 atom stereocenters. The molecule has 7 heteroatoms. The third kappa shape index (κ3) is 4.09. The molecule has 7 nitrogen and oxygen atoms in total. The molecule has 1 heterocycles. The maximum atomic E-state index is 12.6. The third-order valence-electron chi connectivity index (χ3n) is 3.92. The smallest absolute Gasteiger partial charge is 0.342 e. The Balaban J connectivity index is 2.16. The van der Waals surface area contributed by atoms with Gasteiger partial charge in [-0.3, -0.25) is 14.4 Å². The van der Waals surface area contributed by atoms with Gasteiger partial charge in [0.25, 0.3) is 11.8 Å². The van der Waals surface area contributed by atoms with Gasteiger partial charge in [0.1, 0.15) is 6.04 Å². The number of imide groups is 1. The molecule has 1 aliphatic heterocycles. The molecule has 1 N–H and O–H groups in total. The van der Waals surface area contributed by atoms with Crippen LogP contribution in [-0.2, 0) is 14.4 Å². The van der Waals surface area contributed by atoms with Crippen molar-refractivity contribution in [3.63, 3.8) is 0 Å². The van der Waals surface area contributed by atoms with E-state index in [1.54, 1.807) is 32.9 Å². The maximum absolute atomic E-state index is 12.6. The van der Waals surface area contributed by atoms with E-state index in [-0.39, 0.29) is 23.0 Å². The van der Waals surface area contributed by atoms with Gasteiger partial charge in [0, 0.05) is 5.41 Å². The largest absolute Gasteiger partial charge is 0.355 e. The Morgan fingerprint density at radius 2 is 1.58 bits per heavy atom. The summed E-state index contributed by atoms with van der Waals surface area (Å²) in [5.74, 6) is -2.45. The third-order valence-corrected chi connectivity index (χ3v) is 3.92. The van der Waals surface area contributed by atoms with E-state index in [4.69, 9.17) is 4.84 Å². The van der Waals surface area contributed by atoms with Crippen LogP contribution in [0.1, 0.15) is 61.8 Å². The molecule has 0 aromatic heterocycles. The van der Waals surface area contributed by atoms with Crippen molar-refractivity contribution in [2.75, 3.05) is 0 Å². The van der Waals surface area contributed by atoms with Crippen LogP contribution in [0.2, 0.25) is 0 Å². The van der Waals surface area contributed by atoms with Crippen molar-refractivity contribution in [2.24, 2.45) is 11.3 Å². The molecule has 0 unspecified atom stereocenters. The maximum Gasteiger partial charge on any atom is 0.355 e. The summed E-state index contributed by atoms with van der Waals surface area (Å²) in [7, 11) is 0. The number of hydroxylamine groups is 2. The lowest BCUT2D eigenvalue weighted by atomic mass is 9.94. The molecule has 1 aromatic carbocycles. The molecule has 1 aromatic rings. The number of hydrogen-bond acceptors (Lipinski definition) is 5. The fourth-order valence-electron chi connectivity index (χ4n) is 2.46. The Kier molecular flexibility index (Phi) is 5.49. The van der Waals surface area contributed by atoms with Crippen molar-refractivity contribution in [3.8, 4) is 0 Å². The second-order valence-corrected chi connectivity index (χ2v) is 7.77. The van der Waals surface area contributed by atoms with Gasteiger partial charge in [-0.1, -0.05) is 51.8 Å². The first-order valence-corrected chi connectivity index (χ1v) is 8.53. The van der Waals surface area contributed by atoms with Crippen LogP contribution in [0, 0.1) is 11.3 Å². The highest BCUT2D eigenvalue weighted by Gasteiger charge is 2.40. The lowest BCUT2D eigenvalue weighted by Gasteiger charge is -2.25. The highest BCUT2D eigenvalue weighted by Crippen LogP contribution is 2.23. The average molecular weight is 360 g/mol.